The van der Waals surface area contributed by atoms with Crippen molar-refractivity contribution in [3.63, 3.8) is 0 Å². The van der Waals surface area contributed by atoms with E-state index in [0.29, 0.717) is 22.1 Å². The van der Waals surface area contributed by atoms with Crippen LogP contribution in [0.1, 0.15) is 24.5 Å². The Labute approximate surface area is 129 Å². The van der Waals surface area contributed by atoms with Gasteiger partial charge in [0, 0.05) is 11.6 Å². The van der Waals surface area contributed by atoms with E-state index >= 15 is 0 Å². The predicted octanol–water partition coefficient (Wildman–Crippen LogP) is 5.08. The molecule has 0 unspecified atom stereocenters. The molecule has 1 N–H and O–H groups in total. The lowest BCUT2D eigenvalue weighted by Gasteiger charge is -2.10. The van der Waals surface area contributed by atoms with Crippen molar-refractivity contribution in [2.45, 2.75) is 26.8 Å². The zero-order valence-electron chi connectivity index (χ0n) is 12.2. The maximum Gasteiger partial charge on any atom is 0.128 e. The van der Waals surface area contributed by atoms with Gasteiger partial charge >= 0.3 is 0 Å². The fraction of sp³-hybridized carbons (Fsp3) is 0.294. The van der Waals surface area contributed by atoms with E-state index in [1.807, 2.05) is 12.1 Å². The third kappa shape index (κ3) is 4.45. The zero-order valence-corrected chi connectivity index (χ0v) is 13.0. The average Bonchev–Trinajstić information content (AvgIpc) is 2.45. The quantitative estimate of drug-likeness (QED) is 0.751. The summed E-state index contributed by atoms with van der Waals surface area (Å²) in [7, 11) is 0. The van der Waals surface area contributed by atoms with E-state index in [1.54, 1.807) is 25.1 Å². The highest BCUT2D eigenvalue weighted by molar-refractivity contribution is 6.31. The van der Waals surface area contributed by atoms with Gasteiger partial charge in [-0.3, -0.25) is 0 Å². The number of aryl methyl sites for hydroxylation is 1. The first-order chi connectivity index (χ1) is 10.1. The van der Waals surface area contributed by atoms with E-state index in [4.69, 9.17) is 16.3 Å². The molecule has 0 radical (unpaired) electrons. The first-order valence-corrected chi connectivity index (χ1v) is 7.41. The van der Waals surface area contributed by atoms with Gasteiger partial charge in [-0.25, -0.2) is 4.39 Å². The molecular weight excluding hydrogens is 289 g/mol. The van der Waals surface area contributed by atoms with E-state index < -0.39 is 0 Å². The second kappa shape index (κ2) is 7.43. The third-order valence-corrected chi connectivity index (χ3v) is 3.48. The Morgan fingerprint density at radius 1 is 1.14 bits per heavy atom. The molecule has 0 aliphatic carbocycles. The molecule has 0 bridgehead atoms. The van der Waals surface area contributed by atoms with Crippen molar-refractivity contribution in [3.8, 4) is 11.5 Å². The summed E-state index contributed by atoms with van der Waals surface area (Å²) in [5.41, 5.74) is 1.59. The number of benzene rings is 2. The smallest absolute Gasteiger partial charge is 0.128 e. The molecule has 0 saturated heterocycles. The van der Waals surface area contributed by atoms with Gasteiger partial charge in [-0.05, 0) is 61.3 Å². The van der Waals surface area contributed by atoms with Gasteiger partial charge in [0.25, 0.3) is 0 Å². The van der Waals surface area contributed by atoms with Crippen molar-refractivity contribution in [1.29, 1.82) is 0 Å². The molecule has 0 heterocycles. The molecule has 4 heteroatoms. The molecule has 0 saturated carbocycles. The lowest BCUT2D eigenvalue weighted by molar-refractivity contribution is 0.479. The summed E-state index contributed by atoms with van der Waals surface area (Å²) in [6, 6.07) is 10.3. The van der Waals surface area contributed by atoms with Crippen molar-refractivity contribution in [2.75, 3.05) is 6.54 Å². The minimum absolute atomic E-state index is 0.238. The van der Waals surface area contributed by atoms with Crippen LogP contribution in [-0.4, -0.2) is 6.54 Å². The van der Waals surface area contributed by atoms with Crippen molar-refractivity contribution < 1.29 is 9.13 Å². The molecule has 2 aromatic rings. The SMILES string of the molecule is CCCNCc1ccc(Oc2ccc(F)c(C)c2)cc1Cl. The highest BCUT2D eigenvalue weighted by atomic mass is 35.5. The van der Waals surface area contributed by atoms with Crippen LogP contribution >= 0.6 is 11.6 Å². The highest BCUT2D eigenvalue weighted by Crippen LogP contribution is 2.27. The Morgan fingerprint density at radius 3 is 2.52 bits per heavy atom. The standard InChI is InChI=1S/C17H19ClFNO/c1-3-8-20-11-13-4-5-15(10-16(13)18)21-14-6-7-17(19)12(2)9-14/h4-7,9-10,20H,3,8,11H2,1-2H3. The third-order valence-electron chi connectivity index (χ3n) is 3.13. The summed E-state index contributed by atoms with van der Waals surface area (Å²) >= 11 is 6.25. The Morgan fingerprint density at radius 2 is 1.86 bits per heavy atom. The molecule has 2 aromatic carbocycles. The average molecular weight is 308 g/mol. The fourth-order valence-electron chi connectivity index (χ4n) is 1.95. The highest BCUT2D eigenvalue weighted by Gasteiger charge is 2.05. The summed E-state index contributed by atoms with van der Waals surface area (Å²) in [5.74, 6) is 1.00. The number of halogens is 2. The summed E-state index contributed by atoms with van der Waals surface area (Å²) in [6.07, 6.45) is 1.09. The summed E-state index contributed by atoms with van der Waals surface area (Å²) < 4.78 is 18.9. The molecule has 21 heavy (non-hydrogen) atoms. The predicted molar refractivity (Wildman–Crippen MR) is 84.7 cm³/mol. The van der Waals surface area contributed by atoms with Gasteiger partial charge in [0.2, 0.25) is 0 Å². The van der Waals surface area contributed by atoms with Crippen LogP contribution in [0, 0.1) is 12.7 Å². The minimum Gasteiger partial charge on any atom is -0.457 e. The lowest BCUT2D eigenvalue weighted by Crippen LogP contribution is -2.13. The molecule has 112 valence electrons. The summed E-state index contributed by atoms with van der Waals surface area (Å²) in [5, 5.41) is 3.97. The zero-order chi connectivity index (χ0) is 15.2. The van der Waals surface area contributed by atoms with Gasteiger partial charge in [-0.15, -0.1) is 0 Å². The number of hydrogen-bond donors (Lipinski definition) is 1. The number of ether oxygens (including phenoxy) is 1. The second-order valence-electron chi connectivity index (χ2n) is 4.94. The fourth-order valence-corrected chi connectivity index (χ4v) is 2.19. The maximum atomic E-state index is 13.2. The Balaban J connectivity index is 2.07. The minimum atomic E-state index is -0.238. The van der Waals surface area contributed by atoms with Gasteiger partial charge in [0.15, 0.2) is 0 Å². The molecule has 2 rings (SSSR count). The van der Waals surface area contributed by atoms with E-state index in [1.165, 1.54) is 6.07 Å². The van der Waals surface area contributed by atoms with Gasteiger partial charge in [-0.1, -0.05) is 24.6 Å². The largest absolute Gasteiger partial charge is 0.457 e. The Kier molecular flexibility index (Phi) is 5.59. The van der Waals surface area contributed by atoms with Crippen LogP contribution in [0.4, 0.5) is 4.39 Å². The topological polar surface area (TPSA) is 21.3 Å². The molecule has 0 aliphatic rings. The van der Waals surface area contributed by atoms with Crippen LogP contribution < -0.4 is 10.1 Å². The molecule has 0 spiro atoms. The Hall–Kier alpha value is -1.58. The Bertz CT molecular complexity index is 616. The number of hydrogen-bond acceptors (Lipinski definition) is 2. The van der Waals surface area contributed by atoms with Gasteiger partial charge in [0.1, 0.15) is 17.3 Å². The maximum absolute atomic E-state index is 13.2. The molecule has 2 nitrogen and oxygen atoms in total. The van der Waals surface area contributed by atoms with Crippen molar-refractivity contribution in [3.05, 3.63) is 58.4 Å². The first kappa shape index (κ1) is 15.8. The van der Waals surface area contributed by atoms with Gasteiger partial charge in [-0.2, -0.15) is 0 Å². The lowest BCUT2D eigenvalue weighted by atomic mass is 10.2. The van der Waals surface area contributed by atoms with Crippen LogP contribution in [0.15, 0.2) is 36.4 Å². The summed E-state index contributed by atoms with van der Waals surface area (Å²) in [4.78, 5) is 0. The van der Waals surface area contributed by atoms with Gasteiger partial charge < -0.3 is 10.1 Å². The van der Waals surface area contributed by atoms with Crippen molar-refractivity contribution in [2.24, 2.45) is 0 Å². The molecule has 0 aliphatic heterocycles. The molecule has 0 aromatic heterocycles. The molecule has 0 atom stereocenters. The van der Waals surface area contributed by atoms with Crippen LogP contribution in [0.5, 0.6) is 11.5 Å². The van der Waals surface area contributed by atoms with E-state index in [2.05, 4.69) is 12.2 Å². The number of nitrogens with one attached hydrogen (secondary N) is 1. The molecule has 0 amide bonds. The normalized spacial score (nSPS) is 10.7. The van der Waals surface area contributed by atoms with Crippen LogP contribution in [-0.2, 0) is 6.54 Å². The van der Waals surface area contributed by atoms with Crippen molar-refractivity contribution >= 4 is 11.6 Å². The van der Waals surface area contributed by atoms with Crippen LogP contribution in [0.2, 0.25) is 5.02 Å². The van der Waals surface area contributed by atoms with E-state index in [9.17, 15) is 4.39 Å². The monoisotopic (exact) mass is 307 g/mol. The first-order valence-electron chi connectivity index (χ1n) is 7.03. The van der Waals surface area contributed by atoms with E-state index in [-0.39, 0.29) is 5.82 Å². The summed E-state index contributed by atoms with van der Waals surface area (Å²) in [6.45, 7) is 5.53. The van der Waals surface area contributed by atoms with E-state index in [0.717, 1.165) is 25.1 Å². The number of rotatable bonds is 6. The molecule has 0 fully saturated rings. The van der Waals surface area contributed by atoms with Crippen molar-refractivity contribution in [1.82, 2.24) is 5.32 Å². The molecular formula is C17H19ClFNO. The van der Waals surface area contributed by atoms with Crippen LogP contribution in [0.25, 0.3) is 0 Å². The van der Waals surface area contributed by atoms with Crippen LogP contribution in [0.3, 0.4) is 0 Å². The van der Waals surface area contributed by atoms with Gasteiger partial charge in [0.05, 0.1) is 0 Å². The second-order valence-corrected chi connectivity index (χ2v) is 5.35.